The third-order valence-electron chi connectivity index (χ3n) is 4.33. The first kappa shape index (κ1) is 17.5. The van der Waals surface area contributed by atoms with Gasteiger partial charge in [-0.05, 0) is 59.5 Å². The number of hydrogen-bond donors (Lipinski definition) is 3. The molecule has 0 spiro atoms. The monoisotopic (exact) mass is 313 g/mol. The number of rotatable bonds is 3. The molecule has 1 atom stereocenters. The second-order valence-corrected chi connectivity index (χ2v) is 7.62. The van der Waals surface area contributed by atoms with Crippen LogP contribution < -0.4 is 10.6 Å². The number of nitrogens with one attached hydrogen (secondary N) is 2. The lowest BCUT2D eigenvalue weighted by molar-refractivity contribution is 0.00243. The minimum absolute atomic E-state index is 0.236. The summed E-state index contributed by atoms with van der Waals surface area (Å²) in [6.45, 7) is 9.40. The van der Waals surface area contributed by atoms with Gasteiger partial charge in [0.05, 0.1) is 5.60 Å². The fraction of sp³-hybridized carbons (Fsp3) is 0.938. The van der Waals surface area contributed by atoms with Crippen molar-refractivity contribution in [3.8, 4) is 0 Å². The molecule has 2 fully saturated rings. The maximum absolute atomic E-state index is 12.1. The van der Waals surface area contributed by atoms with Gasteiger partial charge in [-0.2, -0.15) is 0 Å². The summed E-state index contributed by atoms with van der Waals surface area (Å²) >= 11 is 0. The minimum atomic E-state index is -0.612. The second-order valence-electron chi connectivity index (χ2n) is 7.62. The predicted molar refractivity (Wildman–Crippen MR) is 85.9 cm³/mol. The molecule has 0 aromatic carbocycles. The van der Waals surface area contributed by atoms with Crippen molar-refractivity contribution < 1.29 is 14.6 Å². The quantitative estimate of drug-likeness (QED) is 0.727. The minimum Gasteiger partial charge on any atom is -0.444 e. The van der Waals surface area contributed by atoms with Crippen LogP contribution in [0.15, 0.2) is 0 Å². The van der Waals surface area contributed by atoms with Crippen LogP contribution in [0, 0.1) is 0 Å². The molecule has 6 heteroatoms. The molecule has 0 aromatic rings. The lowest BCUT2D eigenvalue weighted by atomic mass is 9.92. The number of amides is 1. The zero-order valence-corrected chi connectivity index (χ0v) is 14.2. The largest absolute Gasteiger partial charge is 0.444 e. The molecule has 2 aliphatic rings. The van der Waals surface area contributed by atoms with Gasteiger partial charge in [0.25, 0.3) is 0 Å². The Balaban J connectivity index is 1.79. The van der Waals surface area contributed by atoms with Crippen molar-refractivity contribution in [3.63, 3.8) is 0 Å². The maximum atomic E-state index is 12.1. The molecule has 1 amide bonds. The predicted octanol–water partition coefficient (Wildman–Crippen LogP) is 1.09. The first-order chi connectivity index (χ1) is 10.3. The molecule has 0 aromatic heterocycles. The van der Waals surface area contributed by atoms with Gasteiger partial charge >= 0.3 is 6.09 Å². The number of likely N-dealkylation sites (tertiary alicyclic amines) is 1. The van der Waals surface area contributed by atoms with Gasteiger partial charge in [-0.15, -0.1) is 0 Å². The maximum Gasteiger partial charge on any atom is 0.410 e. The van der Waals surface area contributed by atoms with E-state index in [9.17, 15) is 9.90 Å². The summed E-state index contributed by atoms with van der Waals surface area (Å²) in [6.07, 6.45) is 3.33. The average molecular weight is 313 g/mol. The molecule has 2 heterocycles. The molecule has 0 radical (unpaired) electrons. The van der Waals surface area contributed by atoms with Crippen molar-refractivity contribution in [2.24, 2.45) is 0 Å². The highest BCUT2D eigenvalue weighted by Crippen LogP contribution is 2.19. The standard InChI is InChI=1S/C16H31N3O3/c1-15(2,3)22-14(20)19-10-4-5-13(11-19)18-12-16(21)6-8-17-9-7-16/h13,17-18,21H,4-12H2,1-3H3. The Morgan fingerprint density at radius 3 is 2.73 bits per heavy atom. The number of hydrogen-bond acceptors (Lipinski definition) is 5. The molecular weight excluding hydrogens is 282 g/mol. The van der Waals surface area contributed by atoms with Crippen LogP contribution in [0.4, 0.5) is 4.79 Å². The number of piperidine rings is 2. The molecule has 2 aliphatic heterocycles. The lowest BCUT2D eigenvalue weighted by Gasteiger charge is -2.38. The topological polar surface area (TPSA) is 73.8 Å². The van der Waals surface area contributed by atoms with Gasteiger partial charge in [0.15, 0.2) is 0 Å². The van der Waals surface area contributed by atoms with E-state index >= 15 is 0 Å². The van der Waals surface area contributed by atoms with Crippen LogP contribution in [-0.2, 0) is 4.74 Å². The van der Waals surface area contributed by atoms with Crippen LogP contribution in [-0.4, -0.2) is 66.1 Å². The van der Waals surface area contributed by atoms with Crippen LogP contribution >= 0.6 is 0 Å². The van der Waals surface area contributed by atoms with Crippen molar-refractivity contribution in [1.29, 1.82) is 0 Å². The smallest absolute Gasteiger partial charge is 0.410 e. The summed E-state index contributed by atoms with van der Waals surface area (Å²) in [5, 5.41) is 17.2. The number of carbonyl (C=O) groups is 1. The van der Waals surface area contributed by atoms with E-state index in [0.29, 0.717) is 13.1 Å². The normalized spacial score (nSPS) is 25.8. The van der Waals surface area contributed by atoms with Crippen molar-refractivity contribution in [3.05, 3.63) is 0 Å². The summed E-state index contributed by atoms with van der Waals surface area (Å²) in [5.41, 5.74) is -1.07. The van der Waals surface area contributed by atoms with E-state index in [0.717, 1.165) is 45.3 Å². The lowest BCUT2D eigenvalue weighted by Crippen LogP contribution is -2.54. The highest BCUT2D eigenvalue weighted by atomic mass is 16.6. The van der Waals surface area contributed by atoms with Crippen molar-refractivity contribution in [1.82, 2.24) is 15.5 Å². The summed E-state index contributed by atoms with van der Waals surface area (Å²) in [4.78, 5) is 13.9. The molecule has 128 valence electrons. The molecular formula is C16H31N3O3. The fourth-order valence-corrected chi connectivity index (χ4v) is 3.04. The third kappa shape index (κ3) is 5.41. The van der Waals surface area contributed by atoms with E-state index in [1.807, 2.05) is 20.8 Å². The molecule has 0 bridgehead atoms. The SMILES string of the molecule is CC(C)(C)OC(=O)N1CCCC(NCC2(O)CCNCC2)C1. The average Bonchev–Trinajstić information content (AvgIpc) is 2.45. The summed E-state index contributed by atoms with van der Waals surface area (Å²) in [5.74, 6) is 0. The molecule has 2 rings (SSSR count). The Kier molecular flexibility index (Phi) is 5.69. The Morgan fingerprint density at radius 1 is 1.41 bits per heavy atom. The number of carbonyl (C=O) groups excluding carboxylic acids is 1. The van der Waals surface area contributed by atoms with Crippen molar-refractivity contribution >= 4 is 6.09 Å². The molecule has 0 saturated carbocycles. The van der Waals surface area contributed by atoms with Gasteiger partial charge in [-0.3, -0.25) is 0 Å². The first-order valence-corrected chi connectivity index (χ1v) is 8.42. The van der Waals surface area contributed by atoms with Crippen LogP contribution in [0.5, 0.6) is 0 Å². The van der Waals surface area contributed by atoms with E-state index < -0.39 is 11.2 Å². The van der Waals surface area contributed by atoms with Gasteiger partial charge < -0.3 is 25.4 Å². The van der Waals surface area contributed by atoms with Gasteiger partial charge in [0, 0.05) is 25.7 Å². The first-order valence-electron chi connectivity index (χ1n) is 8.42. The van der Waals surface area contributed by atoms with Crippen molar-refractivity contribution in [2.45, 2.75) is 63.7 Å². The second kappa shape index (κ2) is 7.15. The number of aliphatic hydroxyl groups is 1. The summed E-state index contributed by atoms with van der Waals surface area (Å²) in [7, 11) is 0. The Bertz CT molecular complexity index is 375. The van der Waals surface area contributed by atoms with Gasteiger partial charge in [-0.25, -0.2) is 4.79 Å². The van der Waals surface area contributed by atoms with Crippen LogP contribution in [0.2, 0.25) is 0 Å². The molecule has 2 saturated heterocycles. The number of nitrogens with zero attached hydrogens (tertiary/aromatic N) is 1. The van der Waals surface area contributed by atoms with Crippen LogP contribution in [0.1, 0.15) is 46.5 Å². The van der Waals surface area contributed by atoms with Gasteiger partial charge in [-0.1, -0.05) is 0 Å². The molecule has 1 unspecified atom stereocenters. The van der Waals surface area contributed by atoms with Gasteiger partial charge in [0.1, 0.15) is 5.60 Å². The van der Waals surface area contributed by atoms with Crippen molar-refractivity contribution in [2.75, 3.05) is 32.7 Å². The summed E-state index contributed by atoms with van der Waals surface area (Å²) in [6, 6.07) is 0.236. The molecule has 22 heavy (non-hydrogen) atoms. The summed E-state index contributed by atoms with van der Waals surface area (Å²) < 4.78 is 5.44. The zero-order chi connectivity index (χ0) is 16.2. The Hall–Kier alpha value is -0.850. The molecule has 3 N–H and O–H groups in total. The van der Waals surface area contributed by atoms with Gasteiger partial charge in [0.2, 0.25) is 0 Å². The van der Waals surface area contributed by atoms with E-state index in [1.54, 1.807) is 4.90 Å². The van der Waals surface area contributed by atoms with Crippen LogP contribution in [0.3, 0.4) is 0 Å². The molecule has 0 aliphatic carbocycles. The van der Waals surface area contributed by atoms with E-state index in [-0.39, 0.29) is 12.1 Å². The van der Waals surface area contributed by atoms with E-state index in [4.69, 9.17) is 4.74 Å². The highest BCUT2D eigenvalue weighted by molar-refractivity contribution is 5.68. The van der Waals surface area contributed by atoms with Crippen LogP contribution in [0.25, 0.3) is 0 Å². The van der Waals surface area contributed by atoms with E-state index in [2.05, 4.69) is 10.6 Å². The number of ether oxygens (including phenoxy) is 1. The van der Waals surface area contributed by atoms with E-state index in [1.165, 1.54) is 0 Å². The zero-order valence-electron chi connectivity index (χ0n) is 14.2. The molecule has 6 nitrogen and oxygen atoms in total. The third-order valence-corrected chi connectivity index (χ3v) is 4.33. The highest BCUT2D eigenvalue weighted by Gasteiger charge is 2.32. The Labute approximate surface area is 133 Å². The Morgan fingerprint density at radius 2 is 2.09 bits per heavy atom. The fourth-order valence-electron chi connectivity index (χ4n) is 3.04.